The van der Waals surface area contributed by atoms with Crippen LogP contribution in [0.25, 0.3) is 0 Å². The largest absolute Gasteiger partial charge is 0.372 e. The van der Waals surface area contributed by atoms with Crippen molar-refractivity contribution in [1.29, 1.82) is 0 Å². The maximum absolute atomic E-state index is 10.6. The van der Waals surface area contributed by atoms with Crippen LogP contribution in [0.5, 0.6) is 0 Å². The molecule has 0 aromatic heterocycles. The van der Waals surface area contributed by atoms with E-state index in [-0.39, 0.29) is 10.6 Å². The highest BCUT2D eigenvalue weighted by Gasteiger charge is 2.22. The molecule has 1 fully saturated rings. The Balaban J connectivity index is 2.04. The van der Waals surface area contributed by atoms with Gasteiger partial charge in [0.15, 0.2) is 0 Å². The van der Waals surface area contributed by atoms with Crippen LogP contribution in [0, 0.1) is 16.0 Å². The topological polar surface area (TPSA) is 46.4 Å². The number of anilines is 1. The first kappa shape index (κ1) is 12.9. The van der Waals surface area contributed by atoms with E-state index in [0.717, 1.165) is 11.6 Å². The summed E-state index contributed by atoms with van der Waals surface area (Å²) in [6, 6.07) is 7.42. The Morgan fingerprint density at radius 2 is 1.72 bits per heavy atom. The molecule has 18 heavy (non-hydrogen) atoms. The van der Waals surface area contributed by atoms with E-state index in [9.17, 15) is 10.1 Å². The average molecular weight is 248 g/mol. The van der Waals surface area contributed by atoms with Crippen LogP contribution < -0.4 is 4.90 Å². The Hall–Kier alpha value is -1.58. The van der Waals surface area contributed by atoms with Gasteiger partial charge in [-0.3, -0.25) is 10.1 Å². The van der Waals surface area contributed by atoms with Crippen LogP contribution in [0.3, 0.4) is 0 Å². The third-order valence-electron chi connectivity index (χ3n) is 4.00. The van der Waals surface area contributed by atoms with E-state index in [2.05, 4.69) is 18.9 Å². The monoisotopic (exact) mass is 248 g/mol. The van der Waals surface area contributed by atoms with E-state index < -0.39 is 0 Å². The minimum Gasteiger partial charge on any atom is -0.372 e. The number of non-ortho nitro benzene ring substituents is 1. The first-order valence-electron chi connectivity index (χ1n) is 6.55. The van der Waals surface area contributed by atoms with Gasteiger partial charge in [0, 0.05) is 30.9 Å². The van der Waals surface area contributed by atoms with Crippen LogP contribution in [0.1, 0.15) is 32.6 Å². The zero-order valence-electron chi connectivity index (χ0n) is 11.0. The van der Waals surface area contributed by atoms with Gasteiger partial charge in [-0.1, -0.05) is 6.92 Å². The summed E-state index contributed by atoms with van der Waals surface area (Å²) in [7, 11) is 2.09. The molecular weight excluding hydrogens is 228 g/mol. The number of nitrogens with zero attached hydrogens (tertiary/aromatic N) is 2. The molecule has 0 heterocycles. The predicted octanol–water partition coefficient (Wildman–Crippen LogP) is 3.61. The minimum atomic E-state index is -0.355. The van der Waals surface area contributed by atoms with Crippen LogP contribution in [-0.2, 0) is 0 Å². The lowest BCUT2D eigenvalue weighted by molar-refractivity contribution is -0.384. The maximum atomic E-state index is 10.6. The molecule has 2 rings (SSSR count). The van der Waals surface area contributed by atoms with Crippen LogP contribution in [0.2, 0.25) is 0 Å². The van der Waals surface area contributed by atoms with Crippen LogP contribution in [0.15, 0.2) is 24.3 Å². The second-order valence-electron chi connectivity index (χ2n) is 5.30. The summed E-state index contributed by atoms with van der Waals surface area (Å²) >= 11 is 0. The second kappa shape index (κ2) is 5.38. The summed E-state index contributed by atoms with van der Waals surface area (Å²) in [6.45, 7) is 2.31. The normalized spacial score (nSPS) is 23.7. The molecule has 4 heteroatoms. The minimum absolute atomic E-state index is 0.157. The van der Waals surface area contributed by atoms with Gasteiger partial charge in [0.2, 0.25) is 0 Å². The zero-order valence-corrected chi connectivity index (χ0v) is 11.0. The number of hydrogen-bond acceptors (Lipinski definition) is 3. The van der Waals surface area contributed by atoms with Crippen molar-refractivity contribution >= 4 is 11.4 Å². The van der Waals surface area contributed by atoms with Crippen LogP contribution in [-0.4, -0.2) is 18.0 Å². The van der Waals surface area contributed by atoms with Crippen LogP contribution in [0.4, 0.5) is 11.4 Å². The Kier molecular flexibility index (Phi) is 3.84. The first-order valence-corrected chi connectivity index (χ1v) is 6.55. The van der Waals surface area contributed by atoms with E-state index in [1.807, 2.05) is 12.1 Å². The van der Waals surface area contributed by atoms with Crippen molar-refractivity contribution in [3.8, 4) is 0 Å². The summed E-state index contributed by atoms with van der Waals surface area (Å²) in [5, 5.41) is 10.6. The smallest absolute Gasteiger partial charge is 0.269 e. The Labute approximate surface area is 108 Å². The van der Waals surface area contributed by atoms with Crippen LogP contribution >= 0.6 is 0 Å². The van der Waals surface area contributed by atoms with Gasteiger partial charge in [0.05, 0.1) is 4.92 Å². The summed E-state index contributed by atoms with van der Waals surface area (Å²) in [4.78, 5) is 12.5. The van der Waals surface area contributed by atoms with Gasteiger partial charge in [-0.15, -0.1) is 0 Å². The van der Waals surface area contributed by atoms with Crippen molar-refractivity contribution < 1.29 is 4.92 Å². The van der Waals surface area contributed by atoms with Gasteiger partial charge >= 0.3 is 0 Å². The Morgan fingerprint density at radius 1 is 1.17 bits per heavy atom. The lowest BCUT2D eigenvalue weighted by atomic mass is 9.86. The fourth-order valence-electron chi connectivity index (χ4n) is 2.65. The van der Waals surface area contributed by atoms with E-state index >= 15 is 0 Å². The number of rotatable bonds is 3. The molecule has 0 unspecified atom stereocenters. The van der Waals surface area contributed by atoms with E-state index in [0.29, 0.717) is 6.04 Å². The predicted molar refractivity (Wildman–Crippen MR) is 72.9 cm³/mol. The van der Waals surface area contributed by atoms with Gasteiger partial charge in [-0.25, -0.2) is 0 Å². The van der Waals surface area contributed by atoms with E-state index in [1.54, 1.807) is 12.1 Å². The fraction of sp³-hybridized carbons (Fsp3) is 0.571. The highest BCUT2D eigenvalue weighted by molar-refractivity contribution is 5.51. The molecule has 1 aliphatic carbocycles. The molecule has 0 N–H and O–H groups in total. The molecule has 98 valence electrons. The van der Waals surface area contributed by atoms with Gasteiger partial charge in [-0.2, -0.15) is 0 Å². The third-order valence-corrected chi connectivity index (χ3v) is 4.00. The Morgan fingerprint density at radius 3 is 2.22 bits per heavy atom. The lowest BCUT2D eigenvalue weighted by Crippen LogP contribution is -2.34. The molecule has 1 aromatic carbocycles. The first-order chi connectivity index (χ1) is 8.58. The standard InChI is InChI=1S/C14H20N2O2/c1-11-3-5-12(6-4-11)15(2)13-7-9-14(10-8-13)16(17)18/h7-12H,3-6H2,1-2H3. The van der Waals surface area contributed by atoms with Gasteiger partial charge in [0.25, 0.3) is 5.69 Å². The van der Waals surface area contributed by atoms with Crippen molar-refractivity contribution in [2.75, 3.05) is 11.9 Å². The quantitative estimate of drug-likeness (QED) is 0.606. The SMILES string of the molecule is CC1CCC(N(C)c2ccc([N+](=O)[O-])cc2)CC1. The summed E-state index contributed by atoms with van der Waals surface area (Å²) < 4.78 is 0. The fourth-order valence-corrected chi connectivity index (χ4v) is 2.65. The molecule has 1 aliphatic rings. The molecule has 0 saturated heterocycles. The number of nitro benzene ring substituents is 1. The van der Waals surface area contributed by atoms with Gasteiger partial charge in [-0.05, 0) is 43.7 Å². The van der Waals surface area contributed by atoms with Crippen molar-refractivity contribution in [2.24, 2.45) is 5.92 Å². The molecule has 1 saturated carbocycles. The zero-order chi connectivity index (χ0) is 13.1. The second-order valence-corrected chi connectivity index (χ2v) is 5.30. The third kappa shape index (κ3) is 2.81. The molecule has 0 amide bonds. The van der Waals surface area contributed by atoms with Crippen molar-refractivity contribution in [2.45, 2.75) is 38.6 Å². The number of benzene rings is 1. The maximum Gasteiger partial charge on any atom is 0.269 e. The van der Waals surface area contributed by atoms with E-state index in [4.69, 9.17) is 0 Å². The molecule has 0 spiro atoms. The molecule has 0 bridgehead atoms. The number of hydrogen-bond donors (Lipinski definition) is 0. The van der Waals surface area contributed by atoms with Crippen molar-refractivity contribution in [1.82, 2.24) is 0 Å². The lowest BCUT2D eigenvalue weighted by Gasteiger charge is -2.35. The molecule has 0 aliphatic heterocycles. The summed E-state index contributed by atoms with van der Waals surface area (Å²) in [5.74, 6) is 0.839. The highest BCUT2D eigenvalue weighted by Crippen LogP contribution is 2.29. The molecular formula is C14H20N2O2. The van der Waals surface area contributed by atoms with Gasteiger partial charge in [0.1, 0.15) is 0 Å². The Bertz CT molecular complexity index is 408. The number of nitro groups is 1. The summed E-state index contributed by atoms with van der Waals surface area (Å²) in [5.41, 5.74) is 1.23. The highest BCUT2D eigenvalue weighted by atomic mass is 16.6. The summed E-state index contributed by atoms with van der Waals surface area (Å²) in [6.07, 6.45) is 4.99. The van der Waals surface area contributed by atoms with Crippen molar-refractivity contribution in [3.63, 3.8) is 0 Å². The van der Waals surface area contributed by atoms with Gasteiger partial charge < -0.3 is 4.90 Å². The molecule has 1 aromatic rings. The molecule has 0 radical (unpaired) electrons. The molecule has 4 nitrogen and oxygen atoms in total. The molecule has 0 atom stereocenters. The average Bonchev–Trinajstić information content (AvgIpc) is 2.39. The van der Waals surface area contributed by atoms with Crippen molar-refractivity contribution in [3.05, 3.63) is 34.4 Å². The van der Waals surface area contributed by atoms with E-state index in [1.165, 1.54) is 25.7 Å².